The predicted molar refractivity (Wildman–Crippen MR) is 47.9 cm³/mol. The second-order valence-corrected chi connectivity index (χ2v) is 5.42. The number of hydrogen-bond acceptors (Lipinski definition) is 3. The van der Waals surface area contributed by atoms with E-state index in [9.17, 15) is 5.11 Å². The van der Waals surface area contributed by atoms with E-state index in [-0.39, 0.29) is 11.5 Å². The highest BCUT2D eigenvalue weighted by Gasteiger charge is 2.79. The van der Waals surface area contributed by atoms with Crippen molar-refractivity contribution < 1.29 is 9.84 Å². The van der Waals surface area contributed by atoms with E-state index in [1.54, 1.807) is 0 Å². The second-order valence-electron chi connectivity index (χ2n) is 5.42. The quantitative estimate of drug-likeness (QED) is 0.578. The number of rotatable bonds is 0. The number of nitrogens with two attached hydrogens (primary N) is 1. The Balaban J connectivity index is 2.06. The summed E-state index contributed by atoms with van der Waals surface area (Å²) in [4.78, 5) is 0. The molecule has 3 N–H and O–H groups in total. The van der Waals surface area contributed by atoms with Gasteiger partial charge in [0.05, 0.1) is 6.10 Å². The third-order valence-electron chi connectivity index (χ3n) is 4.55. The number of aliphatic hydroxyl groups is 1. The molecule has 3 fully saturated rings. The summed E-state index contributed by atoms with van der Waals surface area (Å²) in [6.07, 6.45) is 2.77. The molecule has 0 amide bonds. The van der Waals surface area contributed by atoms with Crippen LogP contribution in [0.1, 0.15) is 33.1 Å². The fourth-order valence-electron chi connectivity index (χ4n) is 3.61. The maximum absolute atomic E-state index is 10.4. The Kier molecular flexibility index (Phi) is 1.14. The third-order valence-corrected chi connectivity index (χ3v) is 4.55. The topological polar surface area (TPSA) is 55.5 Å². The minimum Gasteiger partial charge on any atom is -0.385 e. The van der Waals surface area contributed by atoms with Gasteiger partial charge in [-0.05, 0) is 25.7 Å². The molecular formula is C10H17NO2. The molecule has 5 atom stereocenters. The van der Waals surface area contributed by atoms with Crippen molar-refractivity contribution >= 4 is 0 Å². The monoisotopic (exact) mass is 183 g/mol. The van der Waals surface area contributed by atoms with Crippen LogP contribution in [0.2, 0.25) is 0 Å². The lowest BCUT2D eigenvalue weighted by Crippen LogP contribution is -2.59. The van der Waals surface area contributed by atoms with Crippen molar-refractivity contribution in [2.24, 2.45) is 17.1 Å². The molecule has 3 aliphatic rings. The van der Waals surface area contributed by atoms with Crippen LogP contribution in [0.4, 0.5) is 0 Å². The summed E-state index contributed by atoms with van der Waals surface area (Å²) in [5.74, 6) is 0.593. The van der Waals surface area contributed by atoms with Crippen LogP contribution in [-0.2, 0) is 4.74 Å². The van der Waals surface area contributed by atoms with Crippen LogP contribution in [-0.4, -0.2) is 22.5 Å². The van der Waals surface area contributed by atoms with E-state index < -0.39 is 11.3 Å². The van der Waals surface area contributed by atoms with Gasteiger partial charge in [0.1, 0.15) is 5.60 Å². The molecule has 1 unspecified atom stereocenters. The number of hydrogen-bond donors (Lipinski definition) is 2. The fraction of sp³-hybridized carbons (Fsp3) is 1.00. The standard InChI is InChI=1S/C10H17NO2/c1-6-3-9(12)5-7-4-8(7,2)10(9,11)13-6/h6-7,12H,3-5,11H2,1-2H3/t6?,7-,8-,9+,10+/m0/s1. The predicted octanol–water partition coefficient (Wildman–Crippen LogP) is 0.611. The number of fused-ring (bicyclic) bond motifs is 3. The first-order valence-electron chi connectivity index (χ1n) is 5.10. The Morgan fingerprint density at radius 3 is 2.69 bits per heavy atom. The van der Waals surface area contributed by atoms with Gasteiger partial charge in [-0.1, -0.05) is 6.92 Å². The van der Waals surface area contributed by atoms with Crippen LogP contribution < -0.4 is 5.73 Å². The highest BCUT2D eigenvalue weighted by atomic mass is 16.6. The normalized spacial score (nSPS) is 69.2. The van der Waals surface area contributed by atoms with E-state index in [0.29, 0.717) is 12.3 Å². The third kappa shape index (κ3) is 0.661. The maximum atomic E-state index is 10.4. The summed E-state index contributed by atoms with van der Waals surface area (Å²) in [6, 6.07) is 0. The summed E-state index contributed by atoms with van der Waals surface area (Å²) in [7, 11) is 0. The van der Waals surface area contributed by atoms with E-state index in [1.807, 2.05) is 6.92 Å². The Hall–Kier alpha value is -0.120. The van der Waals surface area contributed by atoms with Gasteiger partial charge in [-0.15, -0.1) is 0 Å². The molecule has 3 nitrogen and oxygen atoms in total. The smallest absolute Gasteiger partial charge is 0.151 e. The van der Waals surface area contributed by atoms with Crippen molar-refractivity contribution in [3.8, 4) is 0 Å². The van der Waals surface area contributed by atoms with Gasteiger partial charge in [0.25, 0.3) is 0 Å². The van der Waals surface area contributed by atoms with Gasteiger partial charge in [0.15, 0.2) is 5.72 Å². The van der Waals surface area contributed by atoms with Gasteiger partial charge in [0.2, 0.25) is 0 Å². The molecular weight excluding hydrogens is 166 g/mol. The first-order chi connectivity index (χ1) is 5.91. The van der Waals surface area contributed by atoms with Crippen LogP contribution in [0, 0.1) is 11.3 Å². The van der Waals surface area contributed by atoms with E-state index in [4.69, 9.17) is 10.5 Å². The van der Waals surface area contributed by atoms with Crippen molar-refractivity contribution in [2.75, 3.05) is 0 Å². The van der Waals surface area contributed by atoms with Crippen molar-refractivity contribution in [3.63, 3.8) is 0 Å². The molecule has 13 heavy (non-hydrogen) atoms. The molecule has 1 saturated heterocycles. The lowest BCUT2D eigenvalue weighted by atomic mass is 9.83. The lowest BCUT2D eigenvalue weighted by molar-refractivity contribution is -0.145. The first-order valence-corrected chi connectivity index (χ1v) is 5.10. The Morgan fingerprint density at radius 2 is 2.08 bits per heavy atom. The fourth-order valence-corrected chi connectivity index (χ4v) is 3.61. The highest BCUT2D eigenvalue weighted by Crippen LogP contribution is 2.73. The minimum atomic E-state index is -0.760. The molecule has 3 heteroatoms. The Bertz CT molecular complexity index is 282. The van der Waals surface area contributed by atoms with Crippen molar-refractivity contribution in [2.45, 2.75) is 50.5 Å². The summed E-state index contributed by atoms with van der Waals surface area (Å²) in [5, 5.41) is 10.4. The van der Waals surface area contributed by atoms with Crippen molar-refractivity contribution in [3.05, 3.63) is 0 Å². The lowest BCUT2D eigenvalue weighted by Gasteiger charge is -2.37. The summed E-state index contributed by atoms with van der Waals surface area (Å²) in [6.45, 7) is 4.14. The Labute approximate surface area is 78.3 Å². The molecule has 0 aromatic rings. The molecule has 0 spiro atoms. The van der Waals surface area contributed by atoms with Crippen molar-refractivity contribution in [1.29, 1.82) is 0 Å². The second kappa shape index (κ2) is 1.81. The van der Waals surface area contributed by atoms with Gasteiger partial charge in [0, 0.05) is 11.8 Å². The zero-order valence-corrected chi connectivity index (χ0v) is 8.21. The summed E-state index contributed by atoms with van der Waals surface area (Å²) < 4.78 is 5.76. The zero-order chi connectivity index (χ0) is 9.48. The van der Waals surface area contributed by atoms with E-state index >= 15 is 0 Å². The zero-order valence-electron chi connectivity index (χ0n) is 8.21. The average Bonchev–Trinajstić information content (AvgIpc) is 2.48. The van der Waals surface area contributed by atoms with E-state index in [2.05, 4.69) is 6.92 Å². The molecule has 0 bridgehead atoms. The highest BCUT2D eigenvalue weighted by molar-refractivity contribution is 5.27. The van der Waals surface area contributed by atoms with Gasteiger partial charge in [-0.3, -0.25) is 0 Å². The Morgan fingerprint density at radius 1 is 1.38 bits per heavy atom. The van der Waals surface area contributed by atoms with Crippen LogP contribution in [0.15, 0.2) is 0 Å². The molecule has 3 rings (SSSR count). The molecule has 0 radical (unpaired) electrons. The molecule has 1 heterocycles. The molecule has 2 saturated carbocycles. The molecule has 0 aromatic carbocycles. The molecule has 74 valence electrons. The SMILES string of the molecule is CC1C[C@@]2(O)C[C@@H]3C[C@]3(C)[C@@]2(N)O1. The van der Waals surface area contributed by atoms with Gasteiger partial charge in [-0.2, -0.15) is 0 Å². The van der Waals surface area contributed by atoms with E-state index in [0.717, 1.165) is 12.8 Å². The van der Waals surface area contributed by atoms with Gasteiger partial charge < -0.3 is 15.6 Å². The summed E-state index contributed by atoms with van der Waals surface area (Å²) in [5.41, 5.74) is 4.78. The number of ether oxygens (including phenoxy) is 1. The molecule has 2 aliphatic carbocycles. The van der Waals surface area contributed by atoms with E-state index in [1.165, 1.54) is 0 Å². The van der Waals surface area contributed by atoms with Gasteiger partial charge in [-0.25, -0.2) is 0 Å². The molecule has 0 aromatic heterocycles. The van der Waals surface area contributed by atoms with Crippen LogP contribution in [0.3, 0.4) is 0 Å². The van der Waals surface area contributed by atoms with Gasteiger partial charge >= 0.3 is 0 Å². The maximum Gasteiger partial charge on any atom is 0.151 e. The van der Waals surface area contributed by atoms with Crippen molar-refractivity contribution in [1.82, 2.24) is 0 Å². The average molecular weight is 183 g/mol. The molecule has 1 aliphatic heterocycles. The minimum absolute atomic E-state index is 0.0481. The summed E-state index contributed by atoms with van der Waals surface area (Å²) >= 11 is 0. The van der Waals surface area contributed by atoms with Crippen LogP contribution in [0.5, 0.6) is 0 Å². The van der Waals surface area contributed by atoms with Crippen LogP contribution >= 0.6 is 0 Å². The largest absolute Gasteiger partial charge is 0.385 e. The first kappa shape index (κ1) is 8.21. The van der Waals surface area contributed by atoms with Crippen LogP contribution in [0.25, 0.3) is 0 Å².